The van der Waals surface area contributed by atoms with E-state index in [1.54, 1.807) is 18.2 Å². The number of phenols is 1. The summed E-state index contributed by atoms with van der Waals surface area (Å²) < 4.78 is 5.81. The quantitative estimate of drug-likeness (QED) is 0.373. The van der Waals surface area contributed by atoms with Crippen molar-refractivity contribution >= 4 is 33.5 Å². The smallest absolute Gasteiger partial charge is 0.256 e. The molecule has 0 unspecified atom stereocenters. The summed E-state index contributed by atoms with van der Waals surface area (Å²) in [6.45, 7) is 1.98. The van der Waals surface area contributed by atoms with Crippen LogP contribution >= 0.6 is 0 Å². The van der Waals surface area contributed by atoms with E-state index >= 15 is 0 Å². The highest BCUT2D eigenvalue weighted by Gasteiger charge is 2.15. The molecule has 0 saturated heterocycles. The summed E-state index contributed by atoms with van der Waals surface area (Å²) in [5.74, 6) is 0.104. The van der Waals surface area contributed by atoms with Gasteiger partial charge in [0.25, 0.3) is 5.91 Å². The summed E-state index contributed by atoms with van der Waals surface area (Å²) in [6.07, 6.45) is 0. The third-order valence-corrected chi connectivity index (χ3v) is 5.06. The van der Waals surface area contributed by atoms with E-state index in [2.05, 4.69) is 10.3 Å². The average Bonchev–Trinajstić information content (AvgIpc) is 3.17. The zero-order valence-electron chi connectivity index (χ0n) is 16.2. The number of carbonyl (C=O) groups excluding carboxylic acids is 1. The van der Waals surface area contributed by atoms with Crippen LogP contribution in [0.1, 0.15) is 15.9 Å². The maximum atomic E-state index is 12.9. The van der Waals surface area contributed by atoms with Crippen molar-refractivity contribution in [2.75, 3.05) is 5.32 Å². The first-order valence-electron chi connectivity index (χ1n) is 9.58. The number of carbonyl (C=O) groups is 1. The van der Waals surface area contributed by atoms with E-state index < -0.39 is 0 Å². The number of nitrogens with zero attached hydrogens (tertiary/aromatic N) is 1. The van der Waals surface area contributed by atoms with Crippen LogP contribution in [0.4, 0.5) is 5.69 Å². The highest BCUT2D eigenvalue weighted by Crippen LogP contribution is 2.33. The number of nitrogens with one attached hydrogen (secondary N) is 1. The van der Waals surface area contributed by atoms with E-state index in [1.807, 2.05) is 61.5 Å². The van der Waals surface area contributed by atoms with Gasteiger partial charge in [-0.1, -0.05) is 42.5 Å². The molecule has 5 nitrogen and oxygen atoms in total. The van der Waals surface area contributed by atoms with Gasteiger partial charge in [0.05, 0.1) is 5.56 Å². The largest absolute Gasteiger partial charge is 0.507 e. The normalized spacial score (nSPS) is 11.1. The molecule has 4 aromatic carbocycles. The van der Waals surface area contributed by atoms with Crippen molar-refractivity contribution in [1.29, 1.82) is 0 Å². The summed E-state index contributed by atoms with van der Waals surface area (Å²) in [5.41, 5.74) is 3.97. The number of rotatable bonds is 3. The van der Waals surface area contributed by atoms with E-state index in [0.717, 1.165) is 21.9 Å². The van der Waals surface area contributed by atoms with Crippen LogP contribution in [-0.2, 0) is 0 Å². The molecule has 1 heterocycles. The number of hydrogen-bond donors (Lipinski definition) is 2. The number of aromatic nitrogens is 1. The fourth-order valence-corrected chi connectivity index (χ4v) is 3.56. The van der Waals surface area contributed by atoms with Crippen molar-refractivity contribution in [3.05, 3.63) is 90.0 Å². The molecule has 2 N–H and O–H groups in total. The first-order chi connectivity index (χ1) is 14.6. The minimum atomic E-state index is -0.225. The van der Waals surface area contributed by atoms with Crippen molar-refractivity contribution in [2.24, 2.45) is 0 Å². The van der Waals surface area contributed by atoms with Crippen molar-refractivity contribution in [3.8, 4) is 17.2 Å². The Morgan fingerprint density at radius 2 is 1.80 bits per heavy atom. The molecule has 0 aliphatic carbocycles. The van der Waals surface area contributed by atoms with Gasteiger partial charge in [-0.25, -0.2) is 4.98 Å². The van der Waals surface area contributed by atoms with Crippen LogP contribution in [0.25, 0.3) is 33.3 Å². The summed E-state index contributed by atoms with van der Waals surface area (Å²) in [4.78, 5) is 17.4. The molecule has 0 atom stereocenters. The first-order valence-corrected chi connectivity index (χ1v) is 9.58. The Balaban J connectivity index is 1.50. The summed E-state index contributed by atoms with van der Waals surface area (Å²) in [5, 5.41) is 15.1. The van der Waals surface area contributed by atoms with Crippen molar-refractivity contribution in [2.45, 2.75) is 6.92 Å². The van der Waals surface area contributed by atoms with E-state index in [-0.39, 0.29) is 11.7 Å². The second-order valence-electron chi connectivity index (χ2n) is 7.20. The lowest BCUT2D eigenvalue weighted by Crippen LogP contribution is -2.12. The van der Waals surface area contributed by atoms with E-state index in [4.69, 9.17) is 4.42 Å². The molecule has 1 aromatic heterocycles. The predicted molar refractivity (Wildman–Crippen MR) is 118 cm³/mol. The number of anilines is 1. The highest BCUT2D eigenvalue weighted by atomic mass is 16.3. The van der Waals surface area contributed by atoms with Crippen molar-refractivity contribution < 1.29 is 14.3 Å². The topological polar surface area (TPSA) is 75.4 Å². The molecule has 1 amide bonds. The number of amides is 1. The fraction of sp³-hybridized carbons (Fsp3) is 0.0400. The molecule has 0 aliphatic heterocycles. The van der Waals surface area contributed by atoms with Crippen LogP contribution in [0.5, 0.6) is 5.75 Å². The van der Waals surface area contributed by atoms with Crippen LogP contribution in [0.3, 0.4) is 0 Å². The molecule has 5 heteroatoms. The van der Waals surface area contributed by atoms with Gasteiger partial charge in [-0.15, -0.1) is 0 Å². The Kier molecular flexibility index (Phi) is 4.21. The number of phenolic OH excluding ortho intramolecular Hbond substituents is 1. The second-order valence-corrected chi connectivity index (χ2v) is 7.20. The van der Waals surface area contributed by atoms with Crippen molar-refractivity contribution in [3.63, 3.8) is 0 Å². The lowest BCUT2D eigenvalue weighted by Gasteiger charge is -2.09. The zero-order chi connectivity index (χ0) is 20.7. The Morgan fingerprint density at radius 3 is 2.70 bits per heavy atom. The molecule has 0 aliphatic rings. The van der Waals surface area contributed by atoms with Gasteiger partial charge in [-0.3, -0.25) is 4.79 Å². The minimum Gasteiger partial charge on any atom is -0.507 e. The fourth-order valence-electron chi connectivity index (χ4n) is 3.56. The van der Waals surface area contributed by atoms with Crippen molar-refractivity contribution in [1.82, 2.24) is 4.98 Å². The number of aromatic hydroxyl groups is 1. The molecule has 0 saturated carbocycles. The maximum Gasteiger partial charge on any atom is 0.256 e. The molecule has 5 rings (SSSR count). The van der Waals surface area contributed by atoms with Gasteiger partial charge in [0.1, 0.15) is 11.3 Å². The number of benzene rings is 4. The lowest BCUT2D eigenvalue weighted by molar-refractivity contribution is 0.102. The monoisotopic (exact) mass is 394 g/mol. The SMILES string of the molecule is Cc1ccc2oc(-c3cc(NC(=O)c4cccc5ccccc45)ccc3O)nc2c1. The van der Waals surface area contributed by atoms with Gasteiger partial charge in [0.15, 0.2) is 5.58 Å². The van der Waals surface area contributed by atoms with Gasteiger partial charge >= 0.3 is 0 Å². The molecule has 0 radical (unpaired) electrons. The Morgan fingerprint density at radius 1 is 0.967 bits per heavy atom. The number of fused-ring (bicyclic) bond motifs is 2. The van der Waals surface area contributed by atoms with Gasteiger partial charge < -0.3 is 14.8 Å². The molecular formula is C25H18N2O3. The van der Waals surface area contributed by atoms with E-state index in [0.29, 0.717) is 28.3 Å². The molecular weight excluding hydrogens is 376 g/mol. The molecule has 146 valence electrons. The third-order valence-electron chi connectivity index (χ3n) is 5.06. The lowest BCUT2D eigenvalue weighted by atomic mass is 10.0. The summed E-state index contributed by atoms with van der Waals surface area (Å²) >= 11 is 0. The van der Waals surface area contributed by atoms with Gasteiger partial charge in [0.2, 0.25) is 5.89 Å². The summed E-state index contributed by atoms with van der Waals surface area (Å²) in [6, 6.07) is 23.9. The minimum absolute atomic E-state index is 0.0291. The van der Waals surface area contributed by atoms with Crippen LogP contribution in [-0.4, -0.2) is 16.0 Å². The zero-order valence-corrected chi connectivity index (χ0v) is 16.2. The third kappa shape index (κ3) is 3.16. The van der Waals surface area contributed by atoms with Crippen LogP contribution < -0.4 is 5.32 Å². The molecule has 0 spiro atoms. The Labute approximate surface area is 172 Å². The number of aryl methyl sites for hydroxylation is 1. The van der Waals surface area contributed by atoms with Gasteiger partial charge in [0, 0.05) is 11.3 Å². The Bertz CT molecular complexity index is 1410. The van der Waals surface area contributed by atoms with Gasteiger partial charge in [-0.2, -0.15) is 0 Å². The maximum absolute atomic E-state index is 12.9. The predicted octanol–water partition coefficient (Wildman–Crippen LogP) is 5.91. The van der Waals surface area contributed by atoms with Crippen LogP contribution in [0.15, 0.2) is 83.3 Å². The van der Waals surface area contributed by atoms with E-state index in [9.17, 15) is 9.90 Å². The van der Waals surface area contributed by atoms with E-state index in [1.165, 1.54) is 6.07 Å². The molecule has 5 aromatic rings. The van der Waals surface area contributed by atoms with Crippen LogP contribution in [0.2, 0.25) is 0 Å². The standard InChI is InChI=1S/C25H18N2O3/c1-15-9-12-23-21(13-15)27-25(30-23)20-14-17(10-11-22(20)28)26-24(29)19-8-4-6-16-5-2-3-7-18(16)19/h2-14,28H,1H3,(H,26,29). The molecule has 30 heavy (non-hydrogen) atoms. The number of hydrogen-bond acceptors (Lipinski definition) is 4. The molecule has 0 bridgehead atoms. The Hall–Kier alpha value is -4.12. The average molecular weight is 394 g/mol. The summed E-state index contributed by atoms with van der Waals surface area (Å²) in [7, 11) is 0. The number of oxazole rings is 1. The van der Waals surface area contributed by atoms with Crippen LogP contribution in [0, 0.1) is 6.92 Å². The molecule has 0 fully saturated rings. The van der Waals surface area contributed by atoms with Gasteiger partial charge in [-0.05, 0) is 59.7 Å². The second kappa shape index (κ2) is 7.04. The highest BCUT2D eigenvalue weighted by molar-refractivity contribution is 6.13. The first kappa shape index (κ1) is 17.9.